The van der Waals surface area contributed by atoms with Gasteiger partial charge in [0.25, 0.3) is 0 Å². The number of aliphatic hydroxyl groups is 1. The van der Waals surface area contributed by atoms with Gasteiger partial charge in [-0.1, -0.05) is 27.7 Å². The summed E-state index contributed by atoms with van der Waals surface area (Å²) in [4.78, 5) is 0. The Bertz CT molecular complexity index is 54.1. The third-order valence-corrected chi connectivity index (χ3v) is 0.902. The average molecular weight is 163 g/mol. The van der Waals surface area contributed by atoms with Crippen molar-refractivity contribution in [3.05, 3.63) is 0 Å². The number of hydrogen-bond acceptors (Lipinski definition) is 3. The first-order valence-corrected chi connectivity index (χ1v) is 4.39. The van der Waals surface area contributed by atoms with E-state index in [0.717, 1.165) is 13.2 Å². The number of morpholine rings is 1. The maximum absolute atomic E-state index is 8.67. The molecule has 0 aliphatic carbocycles. The van der Waals surface area contributed by atoms with Gasteiger partial charge in [-0.3, -0.25) is 5.32 Å². The maximum Gasteiger partial charge on any atom is 0.128 e. The summed E-state index contributed by atoms with van der Waals surface area (Å²) in [6, 6.07) is 0. The van der Waals surface area contributed by atoms with Gasteiger partial charge in [0, 0.05) is 6.54 Å². The summed E-state index contributed by atoms with van der Waals surface area (Å²) in [6.45, 7) is 9.91. The Balaban J connectivity index is 0. The second-order valence-corrected chi connectivity index (χ2v) is 1.54. The van der Waals surface area contributed by atoms with E-state index in [1.807, 2.05) is 27.7 Å². The summed E-state index contributed by atoms with van der Waals surface area (Å²) in [7, 11) is 0. The van der Waals surface area contributed by atoms with E-state index >= 15 is 0 Å². The Labute approximate surface area is 69.8 Å². The molecule has 0 radical (unpaired) electrons. The molecule has 1 aliphatic heterocycles. The van der Waals surface area contributed by atoms with Crippen molar-refractivity contribution < 1.29 is 9.84 Å². The molecule has 1 unspecified atom stereocenters. The average Bonchev–Trinajstić information content (AvgIpc) is 2.13. The van der Waals surface area contributed by atoms with E-state index in [9.17, 15) is 0 Å². The third-order valence-electron chi connectivity index (χ3n) is 0.902. The minimum atomic E-state index is -0.436. The van der Waals surface area contributed by atoms with E-state index in [-0.39, 0.29) is 0 Å². The smallest absolute Gasteiger partial charge is 0.128 e. The SMILES string of the molecule is CC.CC.OC1COCCN1. The fourth-order valence-corrected chi connectivity index (χ4v) is 0.552. The lowest BCUT2D eigenvalue weighted by molar-refractivity contribution is -0.0161. The van der Waals surface area contributed by atoms with Gasteiger partial charge in [0.15, 0.2) is 0 Å². The molecule has 0 bridgehead atoms. The minimum Gasteiger partial charge on any atom is -0.376 e. The molecule has 2 N–H and O–H groups in total. The lowest BCUT2D eigenvalue weighted by Gasteiger charge is -2.17. The fourth-order valence-electron chi connectivity index (χ4n) is 0.552. The highest BCUT2D eigenvalue weighted by Gasteiger charge is 2.06. The monoisotopic (exact) mass is 163 g/mol. The summed E-state index contributed by atoms with van der Waals surface area (Å²) in [6.07, 6.45) is -0.436. The van der Waals surface area contributed by atoms with Crippen molar-refractivity contribution in [1.29, 1.82) is 0 Å². The topological polar surface area (TPSA) is 41.5 Å². The Kier molecular flexibility index (Phi) is 15.4. The number of aliphatic hydroxyl groups excluding tert-OH is 1. The zero-order valence-electron chi connectivity index (χ0n) is 8.05. The largest absolute Gasteiger partial charge is 0.376 e. The van der Waals surface area contributed by atoms with Gasteiger partial charge in [0.1, 0.15) is 6.23 Å². The molecule has 1 aliphatic rings. The molecule has 0 spiro atoms. The molecule has 11 heavy (non-hydrogen) atoms. The molecule has 3 nitrogen and oxygen atoms in total. The van der Waals surface area contributed by atoms with Gasteiger partial charge in [0.05, 0.1) is 13.2 Å². The van der Waals surface area contributed by atoms with Gasteiger partial charge < -0.3 is 9.84 Å². The normalized spacial score (nSPS) is 22.1. The van der Waals surface area contributed by atoms with E-state index in [1.54, 1.807) is 0 Å². The number of nitrogens with one attached hydrogen (secondary N) is 1. The van der Waals surface area contributed by atoms with Crippen LogP contribution in [0.1, 0.15) is 27.7 Å². The first-order valence-electron chi connectivity index (χ1n) is 4.39. The van der Waals surface area contributed by atoms with Crippen LogP contribution in [0.3, 0.4) is 0 Å². The molecule has 1 fully saturated rings. The van der Waals surface area contributed by atoms with Crippen molar-refractivity contribution in [3.63, 3.8) is 0 Å². The van der Waals surface area contributed by atoms with Gasteiger partial charge in [-0.05, 0) is 0 Å². The molecule has 0 aromatic carbocycles. The molecule has 0 aromatic rings. The van der Waals surface area contributed by atoms with E-state index in [2.05, 4.69) is 5.32 Å². The van der Waals surface area contributed by atoms with Gasteiger partial charge in [-0.25, -0.2) is 0 Å². The standard InChI is InChI=1S/C4H9NO2.2C2H6/c6-4-3-7-2-1-5-4;2*1-2/h4-6H,1-3H2;2*1-2H3. The van der Waals surface area contributed by atoms with Gasteiger partial charge in [0.2, 0.25) is 0 Å². The quantitative estimate of drug-likeness (QED) is 0.559. The van der Waals surface area contributed by atoms with Crippen LogP contribution in [-0.2, 0) is 4.74 Å². The van der Waals surface area contributed by atoms with Crippen LogP contribution < -0.4 is 5.32 Å². The van der Waals surface area contributed by atoms with Gasteiger partial charge in [-0.2, -0.15) is 0 Å². The second-order valence-electron chi connectivity index (χ2n) is 1.54. The molecule has 1 heterocycles. The lowest BCUT2D eigenvalue weighted by atomic mass is 10.5. The van der Waals surface area contributed by atoms with E-state index in [0.29, 0.717) is 6.61 Å². The summed E-state index contributed by atoms with van der Waals surface area (Å²) in [5.74, 6) is 0. The molecule has 0 amide bonds. The van der Waals surface area contributed by atoms with Crippen molar-refractivity contribution in [2.24, 2.45) is 0 Å². The first kappa shape index (κ1) is 13.5. The van der Waals surface area contributed by atoms with E-state index < -0.39 is 6.23 Å². The van der Waals surface area contributed by atoms with Crippen LogP contribution in [-0.4, -0.2) is 31.1 Å². The van der Waals surface area contributed by atoms with Crippen LogP contribution in [0.15, 0.2) is 0 Å². The molecule has 0 saturated carbocycles. The van der Waals surface area contributed by atoms with Crippen LogP contribution in [0.2, 0.25) is 0 Å². The molecular weight excluding hydrogens is 142 g/mol. The van der Waals surface area contributed by atoms with Crippen LogP contribution in [0, 0.1) is 0 Å². The van der Waals surface area contributed by atoms with Gasteiger partial charge >= 0.3 is 0 Å². The predicted octanol–water partition coefficient (Wildman–Crippen LogP) is 0.977. The second kappa shape index (κ2) is 12.5. The summed E-state index contributed by atoms with van der Waals surface area (Å²) < 4.78 is 4.87. The van der Waals surface area contributed by atoms with Crippen molar-refractivity contribution in [2.45, 2.75) is 33.9 Å². The van der Waals surface area contributed by atoms with Crippen LogP contribution in [0.25, 0.3) is 0 Å². The highest BCUT2D eigenvalue weighted by molar-refractivity contribution is 4.55. The summed E-state index contributed by atoms with van der Waals surface area (Å²) in [5.41, 5.74) is 0. The Morgan fingerprint density at radius 3 is 2.00 bits per heavy atom. The number of rotatable bonds is 0. The fraction of sp³-hybridized carbons (Fsp3) is 1.00. The predicted molar refractivity (Wildman–Crippen MR) is 47.5 cm³/mol. The number of hydrogen-bond donors (Lipinski definition) is 2. The highest BCUT2D eigenvalue weighted by atomic mass is 16.5. The minimum absolute atomic E-state index is 0.431. The van der Waals surface area contributed by atoms with Crippen molar-refractivity contribution in [3.8, 4) is 0 Å². The molecular formula is C8H21NO2. The van der Waals surface area contributed by atoms with Crippen molar-refractivity contribution >= 4 is 0 Å². The molecule has 3 heteroatoms. The molecule has 1 saturated heterocycles. The summed E-state index contributed by atoms with van der Waals surface area (Å²) in [5, 5.41) is 11.5. The molecule has 1 rings (SSSR count). The van der Waals surface area contributed by atoms with Crippen LogP contribution >= 0.6 is 0 Å². The Hall–Kier alpha value is -0.120. The maximum atomic E-state index is 8.67. The summed E-state index contributed by atoms with van der Waals surface area (Å²) >= 11 is 0. The molecule has 70 valence electrons. The van der Waals surface area contributed by atoms with Crippen molar-refractivity contribution in [2.75, 3.05) is 19.8 Å². The van der Waals surface area contributed by atoms with Crippen molar-refractivity contribution in [1.82, 2.24) is 5.32 Å². The zero-order chi connectivity index (χ0) is 9.11. The Morgan fingerprint density at radius 1 is 1.27 bits per heavy atom. The van der Waals surface area contributed by atoms with E-state index in [4.69, 9.17) is 9.84 Å². The first-order chi connectivity index (χ1) is 5.39. The number of ether oxygens (including phenoxy) is 1. The molecule has 1 atom stereocenters. The van der Waals surface area contributed by atoms with Gasteiger partial charge in [-0.15, -0.1) is 0 Å². The van der Waals surface area contributed by atoms with Crippen LogP contribution in [0.5, 0.6) is 0 Å². The lowest BCUT2D eigenvalue weighted by Crippen LogP contribution is -2.40. The van der Waals surface area contributed by atoms with E-state index in [1.165, 1.54) is 0 Å². The van der Waals surface area contributed by atoms with Crippen LogP contribution in [0.4, 0.5) is 0 Å². The molecule has 0 aromatic heterocycles. The third kappa shape index (κ3) is 9.88. The highest BCUT2D eigenvalue weighted by Crippen LogP contribution is 1.85. The Morgan fingerprint density at radius 2 is 1.82 bits per heavy atom. The zero-order valence-corrected chi connectivity index (χ0v) is 8.05.